The van der Waals surface area contributed by atoms with E-state index in [4.69, 9.17) is 24.9 Å². The molecule has 10 nitrogen and oxygen atoms in total. The average molecular weight is 679 g/mol. The number of carbonyl (C=O) groups excluding carboxylic acids is 3. The molecular weight excluding hydrogens is 649 g/mol. The highest BCUT2D eigenvalue weighted by molar-refractivity contribution is 8.13. The molecule has 0 aromatic heterocycles. The Balaban J connectivity index is 0.000000582. The first kappa shape index (κ1) is 34.2. The van der Waals surface area contributed by atoms with E-state index in [0.29, 0.717) is 23.0 Å². The first-order valence-electron chi connectivity index (χ1n) is 14.7. The number of amidine groups is 1. The van der Waals surface area contributed by atoms with Crippen LogP contribution in [0.15, 0.2) is 89.9 Å². The van der Waals surface area contributed by atoms with Crippen molar-refractivity contribution >= 4 is 40.7 Å². The molecule has 0 unspecified atom stereocenters. The summed E-state index contributed by atoms with van der Waals surface area (Å²) >= 11 is 1.46. The zero-order valence-electron chi connectivity index (χ0n) is 25.5. The summed E-state index contributed by atoms with van der Waals surface area (Å²) in [5.74, 6) is -5.00. The van der Waals surface area contributed by atoms with Gasteiger partial charge in [-0.05, 0) is 28.8 Å². The van der Waals surface area contributed by atoms with Crippen molar-refractivity contribution in [1.82, 2.24) is 9.80 Å². The Morgan fingerprint density at radius 3 is 2.10 bits per heavy atom. The standard InChI is InChI=1S/C32H28N4O4S.C2HF3O2/c1-40-30(39)32(16-21-8-4-2-5-9-21)27-26(28(37)35(29(27)38)19-23-10-6-3-7-11-23)25-18-34-31(36(25)32)41-20-24-14-12-22(17-33)13-15-24;3-2(4,5)1(6)7/h2-15,25-27H,16,18-20H2,1H3;(H,6,7)/t25-,26+,27-,32-;/m1./s1. The second kappa shape index (κ2) is 13.9. The predicted molar refractivity (Wildman–Crippen MR) is 168 cm³/mol. The molecule has 48 heavy (non-hydrogen) atoms. The van der Waals surface area contributed by atoms with Crippen LogP contribution in [0.5, 0.6) is 0 Å². The van der Waals surface area contributed by atoms with Crippen LogP contribution in [0.1, 0.15) is 22.3 Å². The van der Waals surface area contributed by atoms with Crippen molar-refractivity contribution in [2.75, 3.05) is 13.7 Å². The minimum absolute atomic E-state index is 0.155. The van der Waals surface area contributed by atoms with Crippen LogP contribution in [0.25, 0.3) is 0 Å². The molecule has 3 aliphatic heterocycles. The third-order valence-corrected chi connectivity index (χ3v) is 9.55. The van der Waals surface area contributed by atoms with E-state index < -0.39 is 41.5 Å². The largest absolute Gasteiger partial charge is 0.490 e. The molecular formula is C34H29F3N4O6S. The van der Waals surface area contributed by atoms with Crippen molar-refractivity contribution in [3.05, 3.63) is 107 Å². The van der Waals surface area contributed by atoms with E-state index in [1.54, 1.807) is 12.1 Å². The molecule has 0 radical (unpaired) electrons. The number of esters is 1. The molecule has 3 aromatic rings. The summed E-state index contributed by atoms with van der Waals surface area (Å²) < 4.78 is 37.2. The summed E-state index contributed by atoms with van der Waals surface area (Å²) in [5, 5.41) is 16.9. The van der Waals surface area contributed by atoms with Crippen LogP contribution in [0.3, 0.4) is 0 Å². The quantitative estimate of drug-likeness (QED) is 0.284. The molecule has 14 heteroatoms. The highest BCUT2D eigenvalue weighted by Gasteiger charge is 2.73. The molecule has 2 saturated heterocycles. The van der Waals surface area contributed by atoms with E-state index in [1.807, 2.05) is 77.7 Å². The van der Waals surface area contributed by atoms with Crippen molar-refractivity contribution in [2.45, 2.75) is 36.5 Å². The maximum absolute atomic E-state index is 14.2. The number of nitriles is 1. The number of fused-ring (bicyclic) bond motifs is 3. The van der Waals surface area contributed by atoms with Crippen molar-refractivity contribution in [1.29, 1.82) is 5.26 Å². The summed E-state index contributed by atoms with van der Waals surface area (Å²) in [5.41, 5.74) is 1.85. The number of alkyl halides is 3. The van der Waals surface area contributed by atoms with E-state index in [-0.39, 0.29) is 24.8 Å². The van der Waals surface area contributed by atoms with E-state index in [0.717, 1.165) is 16.7 Å². The number of rotatable bonds is 7. The minimum Gasteiger partial charge on any atom is -0.475 e. The number of hydrogen-bond acceptors (Lipinski definition) is 9. The predicted octanol–water partition coefficient (Wildman–Crippen LogP) is 4.43. The van der Waals surface area contributed by atoms with Gasteiger partial charge in [-0.1, -0.05) is 84.6 Å². The van der Waals surface area contributed by atoms with Gasteiger partial charge in [0.1, 0.15) is 0 Å². The van der Waals surface area contributed by atoms with Gasteiger partial charge in [0.2, 0.25) is 11.8 Å². The molecule has 6 rings (SSSR count). The van der Waals surface area contributed by atoms with Gasteiger partial charge >= 0.3 is 18.1 Å². The number of imide groups is 1. The molecule has 2 fully saturated rings. The van der Waals surface area contributed by atoms with Gasteiger partial charge in [-0.15, -0.1) is 0 Å². The average Bonchev–Trinajstić information content (AvgIpc) is 3.70. The van der Waals surface area contributed by atoms with Crippen LogP contribution < -0.4 is 0 Å². The van der Waals surface area contributed by atoms with Gasteiger partial charge in [0.15, 0.2) is 10.7 Å². The van der Waals surface area contributed by atoms with E-state index in [1.165, 1.54) is 23.8 Å². The summed E-state index contributed by atoms with van der Waals surface area (Å²) in [4.78, 5) is 59.1. The first-order chi connectivity index (χ1) is 22.9. The molecule has 2 amide bonds. The normalized spacial score (nSPS) is 22.6. The molecule has 3 heterocycles. The zero-order valence-corrected chi connectivity index (χ0v) is 26.3. The van der Waals surface area contributed by atoms with Gasteiger partial charge < -0.3 is 14.7 Å². The fourth-order valence-corrected chi connectivity index (χ4v) is 7.53. The number of hydrogen-bond donors (Lipinski definition) is 1. The summed E-state index contributed by atoms with van der Waals surface area (Å²) in [6.07, 6.45) is -4.88. The smallest absolute Gasteiger partial charge is 0.475 e. The number of aliphatic carboxylic acids is 1. The third kappa shape index (κ3) is 6.50. The van der Waals surface area contributed by atoms with Crippen molar-refractivity contribution < 1.29 is 42.2 Å². The van der Waals surface area contributed by atoms with Gasteiger partial charge in [-0.2, -0.15) is 18.4 Å². The van der Waals surface area contributed by atoms with Crippen LogP contribution >= 0.6 is 11.8 Å². The molecule has 248 valence electrons. The second-order valence-electron chi connectivity index (χ2n) is 11.3. The molecule has 0 bridgehead atoms. The summed E-state index contributed by atoms with van der Waals surface area (Å²) in [7, 11) is 1.33. The lowest BCUT2D eigenvalue weighted by Crippen LogP contribution is -2.61. The number of carboxylic acid groups (broad SMARTS) is 1. The van der Waals surface area contributed by atoms with E-state index in [9.17, 15) is 27.6 Å². The van der Waals surface area contributed by atoms with Crippen LogP contribution in [0.2, 0.25) is 0 Å². The monoisotopic (exact) mass is 678 g/mol. The number of halogens is 3. The second-order valence-corrected chi connectivity index (χ2v) is 12.2. The first-order valence-corrected chi connectivity index (χ1v) is 15.7. The van der Waals surface area contributed by atoms with Gasteiger partial charge in [0, 0.05) is 12.2 Å². The SMILES string of the molecule is COC(=O)[C@@]1(Cc2ccccc2)[C@H]2C(=O)N(Cc3ccccc3)C(=O)[C@H]2[C@H]2CN=C(SCc3ccc(C#N)cc3)N21.O=C(O)C(F)(F)F. The van der Waals surface area contributed by atoms with E-state index in [2.05, 4.69) is 6.07 Å². The zero-order chi connectivity index (χ0) is 34.6. The number of carbonyl (C=O) groups is 4. The number of likely N-dealkylation sites (tertiary alicyclic amines) is 1. The van der Waals surface area contributed by atoms with Crippen LogP contribution in [0.4, 0.5) is 13.2 Å². The Kier molecular flexibility index (Phi) is 9.90. The molecule has 4 atom stereocenters. The number of methoxy groups -OCH3 is 1. The lowest BCUT2D eigenvalue weighted by Gasteiger charge is -2.40. The van der Waals surface area contributed by atoms with Crippen molar-refractivity contribution in [2.24, 2.45) is 16.8 Å². The van der Waals surface area contributed by atoms with Gasteiger partial charge in [0.25, 0.3) is 0 Å². The lowest BCUT2D eigenvalue weighted by molar-refractivity contribution is -0.192. The molecule has 3 aromatic carbocycles. The van der Waals surface area contributed by atoms with E-state index >= 15 is 0 Å². The highest BCUT2D eigenvalue weighted by atomic mass is 32.2. The van der Waals surface area contributed by atoms with Gasteiger partial charge in [-0.3, -0.25) is 19.5 Å². The number of benzene rings is 3. The van der Waals surface area contributed by atoms with Crippen LogP contribution in [-0.2, 0) is 42.6 Å². The molecule has 1 N–H and O–H groups in total. The van der Waals surface area contributed by atoms with Crippen molar-refractivity contribution in [3.63, 3.8) is 0 Å². The topological polar surface area (TPSA) is 140 Å². The Morgan fingerprint density at radius 1 is 0.979 bits per heavy atom. The number of carboxylic acids is 1. The minimum atomic E-state index is -5.08. The van der Waals surface area contributed by atoms with Crippen molar-refractivity contribution in [3.8, 4) is 6.07 Å². The lowest BCUT2D eigenvalue weighted by atomic mass is 9.76. The Bertz CT molecular complexity index is 1770. The number of amides is 2. The Hall–Kier alpha value is -5.16. The van der Waals surface area contributed by atoms with Gasteiger partial charge in [-0.25, -0.2) is 9.59 Å². The Morgan fingerprint density at radius 2 is 1.56 bits per heavy atom. The molecule has 0 spiro atoms. The fourth-order valence-electron chi connectivity index (χ4n) is 6.44. The number of aliphatic imine (C=N–C) groups is 1. The Labute approximate surface area is 277 Å². The molecule has 0 saturated carbocycles. The maximum Gasteiger partial charge on any atom is 0.490 e. The highest BCUT2D eigenvalue weighted by Crippen LogP contribution is 2.54. The molecule has 3 aliphatic rings. The fraction of sp³-hybridized carbons (Fsp3) is 0.294. The molecule has 0 aliphatic carbocycles. The number of ether oxygens (including phenoxy) is 1. The maximum atomic E-state index is 14.2. The third-order valence-electron chi connectivity index (χ3n) is 8.48. The number of nitrogens with zero attached hydrogens (tertiary/aromatic N) is 4. The van der Waals surface area contributed by atoms with Gasteiger partial charge in [0.05, 0.1) is 49.7 Å². The van der Waals surface area contributed by atoms with Crippen LogP contribution in [0, 0.1) is 23.2 Å². The number of thioether (sulfide) groups is 1. The van der Waals surface area contributed by atoms with Crippen LogP contribution in [-0.4, -0.2) is 75.2 Å². The summed E-state index contributed by atoms with van der Waals surface area (Å²) in [6.45, 7) is 0.463. The summed E-state index contributed by atoms with van der Waals surface area (Å²) in [6, 6.07) is 27.9.